The minimum atomic E-state index is -0.00795. The normalized spacial score (nSPS) is 12.2. The number of hydrogen-bond donors (Lipinski definition) is 1. The Morgan fingerprint density at radius 2 is 1.93 bits per heavy atom. The molecule has 2 N–H and O–H groups in total. The van der Waals surface area contributed by atoms with E-state index < -0.39 is 0 Å². The van der Waals surface area contributed by atoms with Crippen molar-refractivity contribution in [2.45, 2.75) is 40.0 Å². The van der Waals surface area contributed by atoms with Gasteiger partial charge in [0.25, 0.3) is 0 Å². The van der Waals surface area contributed by atoms with Crippen LogP contribution in [0.15, 0.2) is 4.79 Å². The van der Waals surface area contributed by atoms with Gasteiger partial charge in [0, 0.05) is 5.56 Å². The Morgan fingerprint density at radius 1 is 1.36 bits per heavy atom. The number of nitrogen functional groups attached to an aromatic ring is 1. The number of anilines is 1. The van der Waals surface area contributed by atoms with Crippen LogP contribution in [0.5, 0.6) is 0 Å². The summed E-state index contributed by atoms with van der Waals surface area (Å²) in [6, 6.07) is 0. The molecule has 0 heterocycles. The first-order chi connectivity index (χ1) is 6.33. The van der Waals surface area contributed by atoms with Crippen LogP contribution in [0, 0.1) is 9.93 Å². The van der Waals surface area contributed by atoms with Crippen LogP contribution in [0.3, 0.4) is 0 Å². The van der Waals surface area contributed by atoms with Gasteiger partial charge in [-0.1, -0.05) is 33.0 Å². The van der Waals surface area contributed by atoms with Crippen molar-refractivity contribution < 1.29 is 0 Å². The summed E-state index contributed by atoms with van der Waals surface area (Å²) in [5, 5.41) is 0. The molecule has 0 unspecified atom stereocenters. The second-order valence-electron chi connectivity index (χ2n) is 4.96. The molecule has 1 aromatic rings. The van der Waals surface area contributed by atoms with Crippen molar-refractivity contribution in [1.29, 1.82) is 0 Å². The van der Waals surface area contributed by atoms with Gasteiger partial charge in [-0.3, -0.25) is 4.79 Å². The summed E-state index contributed by atoms with van der Waals surface area (Å²) in [6.45, 7) is 6.58. The fourth-order valence-corrected chi connectivity index (χ4v) is 1.75. The Balaban J connectivity index is 2.49. The van der Waals surface area contributed by atoms with Gasteiger partial charge in [0.1, 0.15) is 4.51 Å². The first-order valence-corrected chi connectivity index (χ1v) is 5.31. The maximum atomic E-state index is 11.2. The Bertz CT molecular complexity index is 394. The Kier molecular flexibility index (Phi) is 3.10. The van der Waals surface area contributed by atoms with E-state index in [0.717, 1.165) is 24.8 Å². The van der Waals surface area contributed by atoms with Crippen LogP contribution in [0.4, 0.5) is 5.69 Å². The number of hydrogen-bond acceptors (Lipinski definition) is 3. The van der Waals surface area contributed by atoms with E-state index >= 15 is 0 Å². The highest BCUT2D eigenvalue weighted by Gasteiger charge is 2.15. The first-order valence-electron chi connectivity index (χ1n) is 4.90. The molecule has 1 aromatic carbocycles. The molecule has 0 aliphatic rings. The van der Waals surface area contributed by atoms with E-state index in [2.05, 4.69) is 20.8 Å². The molecular formula is C11H17NOS. The van der Waals surface area contributed by atoms with Crippen LogP contribution >= 0.6 is 12.2 Å². The molecule has 0 saturated carbocycles. The molecule has 0 spiro atoms. The number of nitrogens with two attached hydrogens (primary N) is 1. The average Bonchev–Trinajstić information content (AvgIpc) is 2.09. The summed E-state index contributed by atoms with van der Waals surface area (Å²) in [6.07, 6.45) is 2.89. The minimum Gasteiger partial charge on any atom is -0.397 e. The van der Waals surface area contributed by atoms with E-state index in [1.165, 1.54) is 0 Å². The highest BCUT2D eigenvalue weighted by molar-refractivity contribution is 7.71. The Hall–Kier alpha value is -0.700. The van der Waals surface area contributed by atoms with E-state index in [4.69, 9.17) is 18.0 Å². The van der Waals surface area contributed by atoms with Crippen molar-refractivity contribution in [3.05, 3.63) is 20.3 Å². The predicted molar refractivity (Wildman–Crippen MR) is 62.7 cm³/mol. The fourth-order valence-electron chi connectivity index (χ4n) is 1.50. The van der Waals surface area contributed by atoms with Crippen molar-refractivity contribution in [3.63, 3.8) is 0 Å². The van der Waals surface area contributed by atoms with Crippen LogP contribution in [0.2, 0.25) is 0 Å². The lowest BCUT2D eigenvalue weighted by Gasteiger charge is -2.18. The maximum Gasteiger partial charge on any atom is 0.204 e. The van der Waals surface area contributed by atoms with Gasteiger partial charge in [-0.15, -0.1) is 0 Å². The monoisotopic (exact) mass is 211 g/mol. The van der Waals surface area contributed by atoms with Crippen molar-refractivity contribution in [2.75, 3.05) is 5.73 Å². The molecule has 0 radical (unpaired) electrons. The molecule has 0 saturated heterocycles. The molecule has 0 aliphatic heterocycles. The first kappa shape index (κ1) is 11.4. The van der Waals surface area contributed by atoms with Crippen molar-refractivity contribution in [3.8, 4) is 0 Å². The maximum absolute atomic E-state index is 11.2. The molecule has 0 atom stereocenters. The number of rotatable bonds is 3. The summed E-state index contributed by atoms with van der Waals surface area (Å²) >= 11 is 4.80. The molecule has 3 heteroatoms. The summed E-state index contributed by atoms with van der Waals surface area (Å²) in [5.74, 6) is 0. The summed E-state index contributed by atoms with van der Waals surface area (Å²) in [4.78, 5) is 11.2. The highest BCUT2D eigenvalue weighted by Crippen LogP contribution is 2.23. The second kappa shape index (κ2) is 3.81. The SMILES string of the molecule is CC(C)(C)CCCc1c(N)c(=S)c1=O. The van der Waals surface area contributed by atoms with Crippen molar-refractivity contribution >= 4 is 17.9 Å². The molecule has 1 rings (SSSR count). The van der Waals surface area contributed by atoms with Crippen LogP contribution in [0.1, 0.15) is 39.2 Å². The van der Waals surface area contributed by atoms with Crippen LogP contribution in [-0.4, -0.2) is 0 Å². The van der Waals surface area contributed by atoms with Gasteiger partial charge in [-0.05, 0) is 24.7 Å². The molecular weight excluding hydrogens is 194 g/mol. The van der Waals surface area contributed by atoms with Gasteiger partial charge in [0.2, 0.25) is 5.43 Å². The van der Waals surface area contributed by atoms with Crippen molar-refractivity contribution in [2.24, 2.45) is 5.41 Å². The quantitative estimate of drug-likeness (QED) is 0.781. The predicted octanol–water partition coefficient (Wildman–Crippen LogP) is 2.60. The van der Waals surface area contributed by atoms with Crippen molar-refractivity contribution in [1.82, 2.24) is 0 Å². The third kappa shape index (κ3) is 2.41. The standard InChI is InChI=1S/C11H17NOS/c1-11(2,3)6-4-5-7-8(12)10(14)9(7)13/h4-6,12H2,1-3H3. The fraction of sp³-hybridized carbons (Fsp3) is 0.636. The minimum absolute atomic E-state index is 0.00795. The topological polar surface area (TPSA) is 43.1 Å². The lowest BCUT2D eigenvalue weighted by molar-refractivity contribution is 0.365. The zero-order valence-corrected chi connectivity index (χ0v) is 9.83. The van der Waals surface area contributed by atoms with Gasteiger partial charge >= 0.3 is 0 Å². The lowest BCUT2D eigenvalue weighted by atomic mass is 9.88. The largest absolute Gasteiger partial charge is 0.397 e. The zero-order chi connectivity index (χ0) is 10.9. The average molecular weight is 211 g/mol. The molecule has 0 aromatic heterocycles. The molecule has 78 valence electrons. The highest BCUT2D eigenvalue weighted by atomic mass is 32.1. The Morgan fingerprint density at radius 3 is 2.36 bits per heavy atom. The van der Waals surface area contributed by atoms with Gasteiger partial charge in [-0.2, -0.15) is 0 Å². The summed E-state index contributed by atoms with van der Waals surface area (Å²) in [7, 11) is 0. The molecule has 0 bridgehead atoms. The molecule has 0 aliphatic carbocycles. The Labute approximate surface area is 89.8 Å². The lowest BCUT2D eigenvalue weighted by Crippen LogP contribution is -2.20. The van der Waals surface area contributed by atoms with E-state index in [-0.39, 0.29) is 5.43 Å². The van der Waals surface area contributed by atoms with E-state index in [9.17, 15) is 4.79 Å². The van der Waals surface area contributed by atoms with Gasteiger partial charge < -0.3 is 5.73 Å². The smallest absolute Gasteiger partial charge is 0.204 e. The summed E-state index contributed by atoms with van der Waals surface area (Å²) in [5.41, 5.74) is 7.24. The van der Waals surface area contributed by atoms with E-state index in [1.54, 1.807) is 0 Å². The molecule has 0 amide bonds. The molecule has 0 fully saturated rings. The van der Waals surface area contributed by atoms with E-state index in [0.29, 0.717) is 15.6 Å². The molecule has 2 nitrogen and oxygen atoms in total. The van der Waals surface area contributed by atoms with Gasteiger partial charge in [-0.25, -0.2) is 0 Å². The van der Waals surface area contributed by atoms with Crippen LogP contribution in [-0.2, 0) is 6.42 Å². The second-order valence-corrected chi connectivity index (χ2v) is 5.37. The van der Waals surface area contributed by atoms with Crippen LogP contribution < -0.4 is 11.2 Å². The third-order valence-electron chi connectivity index (χ3n) is 2.40. The van der Waals surface area contributed by atoms with E-state index in [1.807, 2.05) is 0 Å². The third-order valence-corrected chi connectivity index (χ3v) is 2.81. The summed E-state index contributed by atoms with van der Waals surface area (Å²) < 4.78 is 0.329. The zero-order valence-electron chi connectivity index (χ0n) is 9.02. The van der Waals surface area contributed by atoms with Crippen LogP contribution in [0.25, 0.3) is 0 Å². The van der Waals surface area contributed by atoms with Gasteiger partial charge in [0.05, 0.1) is 5.69 Å². The molecule has 14 heavy (non-hydrogen) atoms. The van der Waals surface area contributed by atoms with Gasteiger partial charge in [0.15, 0.2) is 0 Å².